The fourth-order valence-electron chi connectivity index (χ4n) is 2.39. The first-order valence-corrected chi connectivity index (χ1v) is 7.34. The molecule has 2 aromatic rings. The monoisotopic (exact) mass is 277 g/mol. The van der Waals surface area contributed by atoms with Crippen molar-refractivity contribution in [2.75, 3.05) is 13.1 Å². The van der Waals surface area contributed by atoms with Crippen LogP contribution in [0.15, 0.2) is 22.6 Å². The summed E-state index contributed by atoms with van der Waals surface area (Å²) in [6.45, 7) is 2.12. The predicted octanol–water partition coefficient (Wildman–Crippen LogP) is 1.47. The molecule has 1 amide bonds. The van der Waals surface area contributed by atoms with Gasteiger partial charge in [-0.3, -0.25) is 14.2 Å². The van der Waals surface area contributed by atoms with Crippen molar-refractivity contribution in [3.05, 3.63) is 28.1 Å². The van der Waals surface area contributed by atoms with Gasteiger partial charge in [0, 0.05) is 26.1 Å². The molecule has 0 spiro atoms. The Morgan fingerprint density at radius 3 is 2.95 bits per heavy atom. The number of likely N-dealkylation sites (tertiary alicyclic amines) is 1. The molecule has 3 rings (SSSR count). The van der Waals surface area contributed by atoms with Crippen LogP contribution in [-0.2, 0) is 11.3 Å². The van der Waals surface area contributed by atoms with Crippen molar-refractivity contribution >= 4 is 27.5 Å². The van der Waals surface area contributed by atoms with Gasteiger partial charge < -0.3 is 4.90 Å². The molecule has 100 valence electrons. The van der Waals surface area contributed by atoms with Crippen molar-refractivity contribution in [3.63, 3.8) is 0 Å². The average Bonchev–Trinajstić information content (AvgIpc) is 3.09. The molecule has 0 atom stereocenters. The Labute approximate surface area is 114 Å². The fraction of sp³-hybridized carbons (Fsp3) is 0.462. The highest BCUT2D eigenvalue weighted by atomic mass is 32.1. The number of amides is 1. The molecule has 0 saturated carbocycles. The van der Waals surface area contributed by atoms with Crippen LogP contribution in [0.2, 0.25) is 0 Å². The molecular weight excluding hydrogens is 262 g/mol. The molecule has 0 aliphatic carbocycles. The van der Waals surface area contributed by atoms with Crippen LogP contribution in [0.4, 0.5) is 0 Å². The number of carbonyl (C=O) groups excluding carboxylic acids is 1. The zero-order chi connectivity index (χ0) is 13.2. The van der Waals surface area contributed by atoms with Crippen LogP contribution >= 0.6 is 11.3 Å². The van der Waals surface area contributed by atoms with Gasteiger partial charge in [0.15, 0.2) is 0 Å². The maximum Gasteiger partial charge on any atom is 0.262 e. The van der Waals surface area contributed by atoms with E-state index in [-0.39, 0.29) is 11.5 Å². The van der Waals surface area contributed by atoms with Gasteiger partial charge in [0.1, 0.15) is 4.83 Å². The maximum absolute atomic E-state index is 12.1. The van der Waals surface area contributed by atoms with Gasteiger partial charge in [0.05, 0.1) is 11.7 Å². The van der Waals surface area contributed by atoms with Crippen LogP contribution in [0.5, 0.6) is 0 Å². The third-order valence-corrected chi connectivity index (χ3v) is 4.30. The number of thiophene rings is 1. The van der Waals surface area contributed by atoms with Gasteiger partial charge in [-0.25, -0.2) is 4.98 Å². The molecule has 6 heteroatoms. The number of fused-ring (bicyclic) bond motifs is 1. The highest BCUT2D eigenvalue weighted by Crippen LogP contribution is 2.13. The van der Waals surface area contributed by atoms with Crippen molar-refractivity contribution in [1.29, 1.82) is 0 Å². The van der Waals surface area contributed by atoms with Crippen LogP contribution in [-0.4, -0.2) is 33.4 Å². The molecular formula is C13H15N3O2S. The highest BCUT2D eigenvalue weighted by Gasteiger charge is 2.17. The van der Waals surface area contributed by atoms with Gasteiger partial charge in [-0.05, 0) is 24.3 Å². The van der Waals surface area contributed by atoms with Crippen molar-refractivity contribution in [2.45, 2.75) is 25.8 Å². The largest absolute Gasteiger partial charge is 0.343 e. The minimum Gasteiger partial charge on any atom is -0.343 e. The molecule has 0 N–H and O–H groups in total. The van der Waals surface area contributed by atoms with Gasteiger partial charge >= 0.3 is 0 Å². The van der Waals surface area contributed by atoms with Crippen LogP contribution in [0.1, 0.15) is 19.3 Å². The Balaban J connectivity index is 1.72. The molecule has 1 aliphatic heterocycles. The number of nitrogens with zero attached hydrogens (tertiary/aromatic N) is 3. The van der Waals surface area contributed by atoms with Gasteiger partial charge in [-0.15, -0.1) is 11.3 Å². The Hall–Kier alpha value is -1.69. The van der Waals surface area contributed by atoms with Gasteiger partial charge in [0.25, 0.3) is 5.56 Å². The topological polar surface area (TPSA) is 55.2 Å². The van der Waals surface area contributed by atoms with Crippen LogP contribution < -0.4 is 5.56 Å². The number of carbonyl (C=O) groups is 1. The second-order valence-corrected chi connectivity index (χ2v) is 5.62. The van der Waals surface area contributed by atoms with Crippen LogP contribution in [0.25, 0.3) is 10.2 Å². The Kier molecular flexibility index (Phi) is 3.33. The maximum atomic E-state index is 12.1. The lowest BCUT2D eigenvalue weighted by molar-refractivity contribution is -0.130. The normalized spacial score (nSPS) is 15.3. The average molecular weight is 277 g/mol. The molecule has 0 bridgehead atoms. The number of hydrogen-bond acceptors (Lipinski definition) is 4. The van der Waals surface area contributed by atoms with Crippen LogP contribution in [0, 0.1) is 0 Å². The summed E-state index contributed by atoms with van der Waals surface area (Å²) in [6.07, 6.45) is 4.10. The minimum atomic E-state index is -0.0551. The molecule has 19 heavy (non-hydrogen) atoms. The van der Waals surface area contributed by atoms with Gasteiger partial charge in [0.2, 0.25) is 5.91 Å². The second kappa shape index (κ2) is 5.13. The van der Waals surface area contributed by atoms with E-state index in [2.05, 4.69) is 4.98 Å². The van der Waals surface area contributed by atoms with E-state index >= 15 is 0 Å². The number of hydrogen-bond donors (Lipinski definition) is 0. The molecule has 5 nitrogen and oxygen atoms in total. The van der Waals surface area contributed by atoms with Crippen molar-refractivity contribution < 1.29 is 4.79 Å². The lowest BCUT2D eigenvalue weighted by atomic mass is 10.3. The second-order valence-electron chi connectivity index (χ2n) is 4.72. The lowest BCUT2D eigenvalue weighted by Gasteiger charge is -2.15. The SMILES string of the molecule is O=C(CCn1cnc2sccc2c1=O)N1CCCC1. The third-order valence-electron chi connectivity index (χ3n) is 3.48. The van der Waals surface area contributed by atoms with E-state index in [9.17, 15) is 9.59 Å². The Morgan fingerprint density at radius 2 is 2.16 bits per heavy atom. The van der Waals surface area contributed by atoms with Crippen molar-refractivity contribution in [3.8, 4) is 0 Å². The minimum absolute atomic E-state index is 0.0551. The molecule has 1 saturated heterocycles. The fourth-order valence-corrected chi connectivity index (χ4v) is 3.12. The molecule has 0 radical (unpaired) electrons. The summed E-state index contributed by atoms with van der Waals surface area (Å²) in [6, 6.07) is 1.79. The molecule has 0 unspecified atom stereocenters. The molecule has 1 aliphatic rings. The number of rotatable bonds is 3. The zero-order valence-corrected chi connectivity index (χ0v) is 11.4. The van der Waals surface area contributed by atoms with Crippen molar-refractivity contribution in [1.82, 2.24) is 14.5 Å². The third kappa shape index (κ3) is 2.40. The zero-order valence-electron chi connectivity index (χ0n) is 10.5. The molecule has 1 fully saturated rings. The summed E-state index contributed by atoms with van der Waals surface area (Å²) in [7, 11) is 0. The summed E-state index contributed by atoms with van der Waals surface area (Å²) in [4.78, 5) is 30.9. The number of aryl methyl sites for hydroxylation is 1. The molecule has 3 heterocycles. The van der Waals surface area contributed by atoms with Gasteiger partial charge in [-0.2, -0.15) is 0 Å². The first kappa shape index (κ1) is 12.3. The van der Waals surface area contributed by atoms with Gasteiger partial charge in [-0.1, -0.05) is 0 Å². The standard InChI is InChI=1S/C13H15N3O2S/c17-11(15-5-1-2-6-15)3-7-16-9-14-12-10(13(16)18)4-8-19-12/h4,8-9H,1-3,5-7H2. The lowest BCUT2D eigenvalue weighted by Crippen LogP contribution is -2.30. The van der Waals surface area contributed by atoms with E-state index < -0.39 is 0 Å². The van der Waals surface area contributed by atoms with E-state index in [0.29, 0.717) is 18.4 Å². The quantitative estimate of drug-likeness (QED) is 0.853. The summed E-state index contributed by atoms with van der Waals surface area (Å²) >= 11 is 1.46. The van der Waals surface area contributed by atoms with E-state index in [1.165, 1.54) is 15.9 Å². The smallest absolute Gasteiger partial charge is 0.262 e. The van der Waals surface area contributed by atoms with E-state index in [1.807, 2.05) is 10.3 Å². The highest BCUT2D eigenvalue weighted by molar-refractivity contribution is 7.16. The van der Waals surface area contributed by atoms with E-state index in [0.717, 1.165) is 30.8 Å². The Bertz CT molecular complexity index is 655. The van der Waals surface area contributed by atoms with Crippen molar-refractivity contribution in [2.24, 2.45) is 0 Å². The summed E-state index contributed by atoms with van der Waals surface area (Å²) < 4.78 is 1.53. The Morgan fingerprint density at radius 1 is 1.37 bits per heavy atom. The summed E-state index contributed by atoms with van der Waals surface area (Å²) in [5.74, 6) is 0.134. The summed E-state index contributed by atoms with van der Waals surface area (Å²) in [5.41, 5.74) is -0.0551. The van der Waals surface area contributed by atoms with Crippen LogP contribution in [0.3, 0.4) is 0 Å². The molecule has 0 aromatic carbocycles. The predicted molar refractivity (Wildman–Crippen MR) is 74.3 cm³/mol. The van der Waals surface area contributed by atoms with E-state index in [4.69, 9.17) is 0 Å². The van der Waals surface area contributed by atoms with E-state index in [1.54, 1.807) is 12.4 Å². The molecule has 2 aromatic heterocycles. The first-order chi connectivity index (χ1) is 9.25. The number of aromatic nitrogens is 2. The first-order valence-electron chi connectivity index (χ1n) is 6.46. The summed E-state index contributed by atoms with van der Waals surface area (Å²) in [5, 5.41) is 2.50.